The van der Waals surface area contributed by atoms with Crippen LogP contribution in [0, 0.1) is 0 Å². The molecule has 1 aromatic rings. The normalized spacial score (nSPS) is 11.8. The molecule has 0 aromatic heterocycles. The topological polar surface area (TPSA) is 60.0 Å². The average Bonchev–Trinajstić information content (AvgIpc) is 2.58. The molecule has 0 saturated carbocycles. The molecule has 10 heteroatoms. The van der Waals surface area contributed by atoms with Crippen molar-refractivity contribution in [1.82, 2.24) is 20.4 Å². The standard InChI is InChI=1S/C18H28F3N5O.HI/c1-22-17(24-10-11-26(4)13-18(19,20)21)23-9-8-14-6-5-7-15(12-14)16(27)25(2)3;/h5-7,12H,8-11,13H2,1-4H3,(H2,22,23,24);1H. The number of alkyl halides is 3. The Labute approximate surface area is 181 Å². The summed E-state index contributed by atoms with van der Waals surface area (Å²) in [5, 5.41) is 6.10. The van der Waals surface area contributed by atoms with Gasteiger partial charge in [0.2, 0.25) is 0 Å². The van der Waals surface area contributed by atoms with Gasteiger partial charge in [-0.3, -0.25) is 14.7 Å². The van der Waals surface area contributed by atoms with E-state index in [0.29, 0.717) is 31.0 Å². The minimum absolute atomic E-state index is 0. The molecule has 160 valence electrons. The van der Waals surface area contributed by atoms with Crippen molar-refractivity contribution in [2.75, 3.05) is 54.4 Å². The molecule has 0 spiro atoms. The Kier molecular flexibility index (Phi) is 12.1. The molecule has 0 aliphatic heterocycles. The maximum absolute atomic E-state index is 12.3. The molecule has 0 fully saturated rings. The Hall–Kier alpha value is -1.56. The first-order valence-corrected chi connectivity index (χ1v) is 8.63. The average molecular weight is 515 g/mol. The quantitative estimate of drug-likeness (QED) is 0.317. The summed E-state index contributed by atoms with van der Waals surface area (Å²) in [7, 11) is 6.44. The van der Waals surface area contributed by atoms with Crippen LogP contribution in [0.2, 0.25) is 0 Å². The van der Waals surface area contributed by atoms with E-state index in [1.54, 1.807) is 27.2 Å². The van der Waals surface area contributed by atoms with Crippen molar-refractivity contribution in [3.63, 3.8) is 0 Å². The fourth-order valence-electron chi connectivity index (χ4n) is 2.41. The molecule has 0 bridgehead atoms. The number of aliphatic imine (C=N–C) groups is 1. The predicted octanol–water partition coefficient (Wildman–Crippen LogP) is 2.21. The summed E-state index contributed by atoms with van der Waals surface area (Å²) in [4.78, 5) is 18.8. The van der Waals surface area contributed by atoms with Crippen LogP contribution in [-0.4, -0.2) is 82.2 Å². The van der Waals surface area contributed by atoms with Crippen molar-refractivity contribution in [2.24, 2.45) is 4.99 Å². The van der Waals surface area contributed by atoms with Crippen LogP contribution in [-0.2, 0) is 6.42 Å². The zero-order chi connectivity index (χ0) is 20.4. The van der Waals surface area contributed by atoms with Gasteiger partial charge in [0.05, 0.1) is 6.54 Å². The molecule has 1 rings (SSSR count). The second kappa shape index (κ2) is 12.8. The number of hydrogen-bond donors (Lipinski definition) is 2. The van der Waals surface area contributed by atoms with E-state index in [0.717, 1.165) is 5.56 Å². The molecule has 28 heavy (non-hydrogen) atoms. The van der Waals surface area contributed by atoms with Gasteiger partial charge >= 0.3 is 6.18 Å². The van der Waals surface area contributed by atoms with Gasteiger partial charge in [0, 0.05) is 46.3 Å². The summed E-state index contributed by atoms with van der Waals surface area (Å²) >= 11 is 0. The molecule has 0 radical (unpaired) electrons. The van der Waals surface area contributed by atoms with Gasteiger partial charge < -0.3 is 15.5 Å². The Bertz CT molecular complexity index is 638. The van der Waals surface area contributed by atoms with Gasteiger partial charge in [-0.2, -0.15) is 13.2 Å². The molecule has 1 amide bonds. The maximum atomic E-state index is 12.3. The van der Waals surface area contributed by atoms with E-state index in [9.17, 15) is 18.0 Å². The van der Waals surface area contributed by atoms with Gasteiger partial charge in [-0.1, -0.05) is 12.1 Å². The van der Waals surface area contributed by atoms with Gasteiger partial charge in [0.15, 0.2) is 5.96 Å². The fourth-order valence-corrected chi connectivity index (χ4v) is 2.41. The highest BCUT2D eigenvalue weighted by molar-refractivity contribution is 14.0. The number of likely N-dealkylation sites (N-methyl/N-ethyl adjacent to an activating group) is 1. The van der Waals surface area contributed by atoms with Crippen LogP contribution in [0.15, 0.2) is 29.3 Å². The molecule has 0 unspecified atom stereocenters. The highest BCUT2D eigenvalue weighted by Crippen LogP contribution is 2.15. The lowest BCUT2D eigenvalue weighted by Gasteiger charge is -2.19. The summed E-state index contributed by atoms with van der Waals surface area (Å²) in [6.45, 7) is 0.231. The molecular weight excluding hydrogens is 486 g/mol. The van der Waals surface area contributed by atoms with Crippen molar-refractivity contribution < 1.29 is 18.0 Å². The van der Waals surface area contributed by atoms with Crippen molar-refractivity contribution in [2.45, 2.75) is 12.6 Å². The monoisotopic (exact) mass is 515 g/mol. The first-order chi connectivity index (χ1) is 12.6. The van der Waals surface area contributed by atoms with Crippen molar-refractivity contribution in [1.29, 1.82) is 0 Å². The molecule has 0 aliphatic rings. The number of nitrogens with zero attached hydrogens (tertiary/aromatic N) is 3. The number of nitrogens with one attached hydrogen (secondary N) is 2. The van der Waals surface area contributed by atoms with Gasteiger partial charge in [0.25, 0.3) is 5.91 Å². The Morgan fingerprint density at radius 1 is 1.14 bits per heavy atom. The molecule has 0 atom stereocenters. The van der Waals surface area contributed by atoms with Gasteiger partial charge in [-0.25, -0.2) is 0 Å². The lowest BCUT2D eigenvalue weighted by atomic mass is 10.1. The van der Waals surface area contributed by atoms with Gasteiger partial charge in [-0.05, 0) is 31.2 Å². The number of guanidine groups is 1. The van der Waals surface area contributed by atoms with Gasteiger partial charge in [0.1, 0.15) is 0 Å². The smallest absolute Gasteiger partial charge is 0.356 e. The third-order valence-corrected chi connectivity index (χ3v) is 3.75. The summed E-state index contributed by atoms with van der Waals surface area (Å²) in [5.41, 5.74) is 1.64. The number of rotatable bonds is 8. The molecule has 0 saturated heterocycles. The second-order valence-electron chi connectivity index (χ2n) is 6.43. The summed E-state index contributed by atoms with van der Waals surface area (Å²) in [5.74, 6) is 0.473. The second-order valence-corrected chi connectivity index (χ2v) is 6.43. The van der Waals surface area contributed by atoms with E-state index in [-0.39, 0.29) is 36.4 Å². The van der Waals surface area contributed by atoms with E-state index >= 15 is 0 Å². The Balaban J connectivity index is 0.00000729. The zero-order valence-electron chi connectivity index (χ0n) is 16.6. The highest BCUT2D eigenvalue weighted by atomic mass is 127. The SMILES string of the molecule is CN=C(NCCc1cccc(C(=O)N(C)C)c1)NCCN(C)CC(F)(F)F.I. The minimum Gasteiger partial charge on any atom is -0.356 e. The molecule has 6 nitrogen and oxygen atoms in total. The van der Waals surface area contributed by atoms with Crippen LogP contribution >= 0.6 is 24.0 Å². The predicted molar refractivity (Wildman–Crippen MR) is 116 cm³/mol. The molecule has 0 aliphatic carbocycles. The van der Waals surface area contributed by atoms with Crippen LogP contribution in [0.4, 0.5) is 13.2 Å². The Morgan fingerprint density at radius 3 is 2.36 bits per heavy atom. The fraction of sp³-hybridized carbons (Fsp3) is 0.556. The number of hydrogen-bond acceptors (Lipinski definition) is 3. The largest absolute Gasteiger partial charge is 0.401 e. The summed E-state index contributed by atoms with van der Waals surface area (Å²) < 4.78 is 36.9. The first-order valence-electron chi connectivity index (χ1n) is 8.63. The molecule has 0 heterocycles. The maximum Gasteiger partial charge on any atom is 0.401 e. The number of carbonyl (C=O) groups excluding carboxylic acids is 1. The van der Waals surface area contributed by atoms with Crippen LogP contribution in [0.1, 0.15) is 15.9 Å². The van der Waals surface area contributed by atoms with Crippen molar-refractivity contribution >= 4 is 35.8 Å². The third kappa shape index (κ3) is 10.7. The van der Waals surface area contributed by atoms with E-state index < -0.39 is 12.7 Å². The summed E-state index contributed by atoms with van der Waals surface area (Å²) in [6.07, 6.45) is -3.51. The van der Waals surface area contributed by atoms with Crippen molar-refractivity contribution in [3.05, 3.63) is 35.4 Å². The number of carbonyl (C=O) groups is 1. The van der Waals surface area contributed by atoms with Crippen LogP contribution in [0.3, 0.4) is 0 Å². The molecule has 1 aromatic carbocycles. The first kappa shape index (κ1) is 26.4. The minimum atomic E-state index is -4.20. The third-order valence-electron chi connectivity index (χ3n) is 3.75. The van der Waals surface area contributed by atoms with Crippen molar-refractivity contribution in [3.8, 4) is 0 Å². The summed E-state index contributed by atoms with van der Waals surface area (Å²) in [6, 6.07) is 7.41. The highest BCUT2D eigenvalue weighted by Gasteiger charge is 2.28. The lowest BCUT2D eigenvalue weighted by Crippen LogP contribution is -2.43. The van der Waals surface area contributed by atoms with E-state index in [4.69, 9.17) is 0 Å². The lowest BCUT2D eigenvalue weighted by molar-refractivity contribution is -0.142. The number of amides is 1. The number of benzene rings is 1. The number of halogens is 4. The van der Waals surface area contributed by atoms with Crippen LogP contribution in [0.25, 0.3) is 0 Å². The van der Waals surface area contributed by atoms with Crippen LogP contribution in [0.5, 0.6) is 0 Å². The van der Waals surface area contributed by atoms with Gasteiger partial charge in [-0.15, -0.1) is 24.0 Å². The van der Waals surface area contributed by atoms with E-state index in [1.165, 1.54) is 16.8 Å². The zero-order valence-corrected chi connectivity index (χ0v) is 19.0. The van der Waals surface area contributed by atoms with Crippen LogP contribution < -0.4 is 10.6 Å². The molecular formula is C18H29F3IN5O. The van der Waals surface area contributed by atoms with E-state index in [2.05, 4.69) is 15.6 Å². The molecule has 2 N–H and O–H groups in total. The Morgan fingerprint density at radius 2 is 1.79 bits per heavy atom. The van der Waals surface area contributed by atoms with E-state index in [1.807, 2.05) is 18.2 Å².